The zero-order valence-electron chi connectivity index (χ0n) is 6.24. The fraction of sp³-hybridized carbons (Fsp3) is 0.250. The van der Waals surface area contributed by atoms with Crippen molar-refractivity contribution in [3.05, 3.63) is 18.0 Å². The highest BCUT2D eigenvalue weighted by molar-refractivity contribution is 5.54. The van der Waals surface area contributed by atoms with Crippen molar-refractivity contribution in [3.63, 3.8) is 0 Å². The van der Waals surface area contributed by atoms with Crippen LogP contribution in [0.3, 0.4) is 0 Å². The highest BCUT2D eigenvalue weighted by Gasteiger charge is 1.87. The van der Waals surface area contributed by atoms with E-state index >= 15 is 0 Å². The van der Waals surface area contributed by atoms with E-state index in [1.165, 1.54) is 0 Å². The molecule has 0 spiro atoms. The number of carbonyl (C=O) groups is 1. The molecule has 0 aliphatic rings. The first-order valence-electron chi connectivity index (χ1n) is 3.25. The summed E-state index contributed by atoms with van der Waals surface area (Å²) in [5, 5.41) is 4.01. The predicted molar refractivity (Wildman–Crippen MR) is 40.8 cm³/mol. The molecule has 0 N–H and O–H groups in total. The average molecular weight is 148 g/mol. The number of aldehydes is 1. The van der Waals surface area contributed by atoms with Crippen molar-refractivity contribution < 1.29 is 4.79 Å². The van der Waals surface area contributed by atoms with E-state index in [-0.39, 0.29) is 6.42 Å². The summed E-state index contributed by atoms with van der Waals surface area (Å²) in [6, 6.07) is 1.80. The molecule has 0 saturated carbocycles. The van der Waals surface area contributed by atoms with Crippen LogP contribution in [0, 0.1) is 11.8 Å². The molecule has 0 amide bonds. The molecular weight excluding hydrogens is 140 g/mol. The quantitative estimate of drug-likeness (QED) is 0.425. The largest absolute Gasteiger partial charge is 0.302 e. The normalized spacial score (nSPS) is 8.45. The Morgan fingerprint density at radius 1 is 1.82 bits per heavy atom. The molecule has 1 rings (SSSR count). The molecule has 0 atom stereocenters. The van der Waals surface area contributed by atoms with Crippen LogP contribution in [0.5, 0.6) is 0 Å². The molecule has 0 fully saturated rings. The number of aryl methyl sites for hydroxylation is 1. The van der Waals surface area contributed by atoms with E-state index in [1.54, 1.807) is 10.7 Å². The Labute approximate surface area is 65.0 Å². The minimum atomic E-state index is 0.274. The van der Waals surface area contributed by atoms with Gasteiger partial charge >= 0.3 is 0 Å². The molecule has 0 bridgehead atoms. The molecule has 0 radical (unpaired) electrons. The number of hydrogen-bond acceptors (Lipinski definition) is 2. The van der Waals surface area contributed by atoms with Crippen molar-refractivity contribution in [3.8, 4) is 11.8 Å². The van der Waals surface area contributed by atoms with Gasteiger partial charge in [-0.05, 0) is 12.0 Å². The summed E-state index contributed by atoms with van der Waals surface area (Å²) < 4.78 is 1.67. The van der Waals surface area contributed by atoms with Crippen LogP contribution < -0.4 is 0 Å². The summed E-state index contributed by atoms with van der Waals surface area (Å²) in [4.78, 5) is 9.87. The lowest BCUT2D eigenvalue weighted by Gasteiger charge is -1.80. The van der Waals surface area contributed by atoms with Crippen LogP contribution in [0.4, 0.5) is 0 Å². The maximum absolute atomic E-state index is 9.87. The second-order valence-electron chi connectivity index (χ2n) is 2.05. The van der Waals surface area contributed by atoms with Gasteiger partial charge in [-0.25, -0.2) is 0 Å². The maximum Gasteiger partial charge on any atom is 0.135 e. The summed E-state index contributed by atoms with van der Waals surface area (Å²) in [6.45, 7) is 0. The standard InChI is InChI=1S/C8H8N2O/c1-10-6-5-8(9-10)4-2-3-7-11/h5-7H,3H2,1H3. The zero-order valence-corrected chi connectivity index (χ0v) is 6.24. The van der Waals surface area contributed by atoms with Gasteiger partial charge in [-0.15, -0.1) is 0 Å². The Morgan fingerprint density at radius 3 is 3.18 bits per heavy atom. The van der Waals surface area contributed by atoms with Gasteiger partial charge in [0, 0.05) is 13.2 Å². The SMILES string of the molecule is Cn1ccc(C#CCC=O)n1. The first-order valence-corrected chi connectivity index (χ1v) is 3.25. The van der Waals surface area contributed by atoms with E-state index in [2.05, 4.69) is 16.9 Å². The molecule has 0 aromatic carbocycles. The molecule has 1 aromatic heterocycles. The van der Waals surface area contributed by atoms with E-state index in [0.29, 0.717) is 5.69 Å². The molecule has 0 aliphatic heterocycles. The number of nitrogens with zero attached hydrogens (tertiary/aromatic N) is 2. The van der Waals surface area contributed by atoms with E-state index in [4.69, 9.17) is 0 Å². The third kappa shape index (κ3) is 2.26. The molecule has 56 valence electrons. The monoisotopic (exact) mass is 148 g/mol. The fourth-order valence-corrected chi connectivity index (χ4v) is 0.665. The van der Waals surface area contributed by atoms with E-state index in [1.807, 2.05) is 13.2 Å². The van der Waals surface area contributed by atoms with Crippen molar-refractivity contribution in [2.24, 2.45) is 7.05 Å². The van der Waals surface area contributed by atoms with Crippen LogP contribution in [-0.4, -0.2) is 16.1 Å². The highest BCUT2D eigenvalue weighted by Crippen LogP contribution is 1.89. The number of rotatable bonds is 1. The highest BCUT2D eigenvalue weighted by atomic mass is 16.1. The summed E-state index contributed by atoms with van der Waals surface area (Å²) >= 11 is 0. The molecule has 0 unspecified atom stereocenters. The van der Waals surface area contributed by atoms with Crippen LogP contribution in [0.15, 0.2) is 12.3 Å². The molecule has 3 heteroatoms. The summed E-state index contributed by atoms with van der Waals surface area (Å²) in [5.41, 5.74) is 0.703. The Morgan fingerprint density at radius 2 is 2.64 bits per heavy atom. The van der Waals surface area contributed by atoms with Crippen LogP contribution in [0.1, 0.15) is 12.1 Å². The summed E-state index contributed by atoms with van der Waals surface area (Å²) in [7, 11) is 1.82. The maximum atomic E-state index is 9.87. The third-order valence-corrected chi connectivity index (χ3v) is 1.12. The zero-order chi connectivity index (χ0) is 8.10. The topological polar surface area (TPSA) is 34.9 Å². The summed E-state index contributed by atoms with van der Waals surface area (Å²) in [6.07, 6.45) is 2.86. The first kappa shape index (κ1) is 7.55. The van der Waals surface area contributed by atoms with Crippen molar-refractivity contribution in [2.75, 3.05) is 0 Å². The van der Waals surface area contributed by atoms with Crippen LogP contribution >= 0.6 is 0 Å². The lowest BCUT2D eigenvalue weighted by atomic mass is 10.4. The molecule has 0 aliphatic carbocycles. The Balaban J connectivity index is 2.65. The van der Waals surface area contributed by atoms with Gasteiger partial charge in [0.05, 0.1) is 6.42 Å². The molecule has 1 heterocycles. The Bertz CT molecular complexity index is 303. The fourth-order valence-electron chi connectivity index (χ4n) is 0.665. The number of carbonyl (C=O) groups excluding carboxylic acids is 1. The second-order valence-corrected chi connectivity index (χ2v) is 2.05. The van der Waals surface area contributed by atoms with Crippen LogP contribution in [0.25, 0.3) is 0 Å². The molecule has 11 heavy (non-hydrogen) atoms. The van der Waals surface area contributed by atoms with Gasteiger partial charge in [0.2, 0.25) is 0 Å². The third-order valence-electron chi connectivity index (χ3n) is 1.12. The van der Waals surface area contributed by atoms with Gasteiger partial charge < -0.3 is 4.79 Å². The van der Waals surface area contributed by atoms with E-state index in [0.717, 1.165) is 6.29 Å². The van der Waals surface area contributed by atoms with Gasteiger partial charge in [-0.3, -0.25) is 4.68 Å². The van der Waals surface area contributed by atoms with Crippen molar-refractivity contribution >= 4 is 6.29 Å². The van der Waals surface area contributed by atoms with E-state index < -0.39 is 0 Å². The molecular formula is C8H8N2O. The van der Waals surface area contributed by atoms with Crippen molar-refractivity contribution in [2.45, 2.75) is 6.42 Å². The first-order chi connectivity index (χ1) is 5.33. The van der Waals surface area contributed by atoms with Crippen molar-refractivity contribution in [1.29, 1.82) is 0 Å². The van der Waals surface area contributed by atoms with Gasteiger partial charge in [-0.1, -0.05) is 5.92 Å². The second kappa shape index (κ2) is 3.57. The van der Waals surface area contributed by atoms with Crippen LogP contribution in [-0.2, 0) is 11.8 Å². The Hall–Kier alpha value is -1.56. The number of hydrogen-bond donors (Lipinski definition) is 0. The molecule has 3 nitrogen and oxygen atoms in total. The van der Waals surface area contributed by atoms with Crippen molar-refractivity contribution in [1.82, 2.24) is 9.78 Å². The smallest absolute Gasteiger partial charge is 0.135 e. The minimum absolute atomic E-state index is 0.274. The molecule has 1 aromatic rings. The average Bonchev–Trinajstić information content (AvgIpc) is 2.37. The van der Waals surface area contributed by atoms with Crippen LogP contribution in [0.2, 0.25) is 0 Å². The lowest BCUT2D eigenvalue weighted by molar-refractivity contribution is -0.107. The van der Waals surface area contributed by atoms with Gasteiger partial charge in [0.25, 0.3) is 0 Å². The number of aromatic nitrogens is 2. The summed E-state index contributed by atoms with van der Waals surface area (Å²) in [5.74, 6) is 5.42. The van der Waals surface area contributed by atoms with Gasteiger partial charge in [0.15, 0.2) is 0 Å². The lowest BCUT2D eigenvalue weighted by Crippen LogP contribution is -1.87. The minimum Gasteiger partial charge on any atom is -0.302 e. The predicted octanol–water partition coefficient (Wildman–Crippen LogP) is 0.361. The Kier molecular flexibility index (Phi) is 2.45. The molecule has 0 saturated heterocycles. The van der Waals surface area contributed by atoms with Gasteiger partial charge in [-0.2, -0.15) is 5.10 Å². The van der Waals surface area contributed by atoms with Gasteiger partial charge in [0.1, 0.15) is 12.0 Å². The van der Waals surface area contributed by atoms with E-state index in [9.17, 15) is 4.79 Å².